The lowest BCUT2D eigenvalue weighted by Gasteiger charge is -2.21. The number of hydrogen-bond acceptors (Lipinski definition) is 3. The van der Waals surface area contributed by atoms with E-state index in [1.54, 1.807) is 6.08 Å². The van der Waals surface area contributed by atoms with Gasteiger partial charge in [-0.2, -0.15) is 0 Å². The first-order valence-corrected chi connectivity index (χ1v) is 5.93. The molecule has 0 spiro atoms. The highest BCUT2D eigenvalue weighted by atomic mass is 16.4. The lowest BCUT2D eigenvalue weighted by molar-refractivity contribution is -0.132. The van der Waals surface area contributed by atoms with Crippen molar-refractivity contribution in [1.82, 2.24) is 5.32 Å². The Morgan fingerprint density at radius 1 is 1.44 bits per heavy atom. The molecule has 16 heavy (non-hydrogen) atoms. The molecule has 1 fully saturated rings. The summed E-state index contributed by atoms with van der Waals surface area (Å²) in [6, 6.07) is 0. The van der Waals surface area contributed by atoms with Crippen molar-refractivity contribution in [3.05, 3.63) is 11.6 Å². The first kappa shape index (κ1) is 13.2. The Kier molecular flexibility index (Phi) is 4.96. The van der Waals surface area contributed by atoms with Crippen LogP contribution in [0.2, 0.25) is 0 Å². The molecule has 0 amide bonds. The number of rotatable bonds is 6. The Balaban J connectivity index is 2.27. The van der Waals surface area contributed by atoms with Crippen LogP contribution < -0.4 is 5.32 Å². The second kappa shape index (κ2) is 6.01. The third kappa shape index (κ3) is 3.94. The van der Waals surface area contributed by atoms with Gasteiger partial charge in [-0.25, -0.2) is 4.79 Å². The quantitative estimate of drug-likeness (QED) is 0.472. The molecule has 1 saturated carbocycles. The normalized spacial score (nSPS) is 20.0. The molecule has 0 bridgehead atoms. The predicted molar refractivity (Wildman–Crippen MR) is 62.3 cm³/mol. The summed E-state index contributed by atoms with van der Waals surface area (Å²) in [6.07, 6.45) is 6.08. The summed E-state index contributed by atoms with van der Waals surface area (Å²) < 4.78 is 0. The van der Waals surface area contributed by atoms with E-state index >= 15 is 0 Å². The van der Waals surface area contributed by atoms with Gasteiger partial charge in [0.15, 0.2) is 0 Å². The van der Waals surface area contributed by atoms with Gasteiger partial charge in [0.05, 0.1) is 5.60 Å². The van der Waals surface area contributed by atoms with Crippen LogP contribution in [0.1, 0.15) is 39.0 Å². The zero-order valence-electron chi connectivity index (χ0n) is 9.83. The predicted octanol–water partition coefficient (Wildman–Crippen LogP) is 1.30. The summed E-state index contributed by atoms with van der Waals surface area (Å²) in [5.74, 6) is -0.858. The van der Waals surface area contributed by atoms with Crippen LogP contribution in [0.15, 0.2) is 11.6 Å². The second-order valence-electron chi connectivity index (χ2n) is 4.45. The Bertz CT molecular complexity index is 267. The van der Waals surface area contributed by atoms with Crippen molar-refractivity contribution in [2.75, 3.05) is 13.1 Å². The van der Waals surface area contributed by atoms with Crippen molar-refractivity contribution in [2.45, 2.75) is 44.6 Å². The van der Waals surface area contributed by atoms with E-state index < -0.39 is 11.6 Å². The van der Waals surface area contributed by atoms with E-state index in [0.29, 0.717) is 25.1 Å². The monoisotopic (exact) mass is 227 g/mol. The Labute approximate surface area is 96.4 Å². The van der Waals surface area contributed by atoms with Gasteiger partial charge in [-0.05, 0) is 19.3 Å². The molecule has 0 atom stereocenters. The van der Waals surface area contributed by atoms with Gasteiger partial charge < -0.3 is 15.5 Å². The average Bonchev–Trinajstić information content (AvgIpc) is 2.65. The maximum atomic E-state index is 10.7. The molecular formula is C12H21NO3. The molecule has 0 aromatic rings. The number of aliphatic carboxylic acids is 1. The number of aliphatic hydroxyl groups is 1. The van der Waals surface area contributed by atoms with Crippen LogP contribution in [0.4, 0.5) is 0 Å². The van der Waals surface area contributed by atoms with Crippen LogP contribution >= 0.6 is 0 Å². The molecular weight excluding hydrogens is 206 g/mol. The smallest absolute Gasteiger partial charge is 0.331 e. The molecule has 0 radical (unpaired) electrons. The Hall–Kier alpha value is -0.870. The second-order valence-corrected chi connectivity index (χ2v) is 4.45. The lowest BCUT2D eigenvalue weighted by Crippen LogP contribution is -2.38. The van der Waals surface area contributed by atoms with Crippen molar-refractivity contribution >= 4 is 5.97 Å². The van der Waals surface area contributed by atoms with E-state index in [1.165, 1.54) is 0 Å². The number of hydrogen-bond donors (Lipinski definition) is 3. The zero-order chi connectivity index (χ0) is 12.0. The van der Waals surface area contributed by atoms with Gasteiger partial charge >= 0.3 is 5.97 Å². The van der Waals surface area contributed by atoms with Crippen LogP contribution in [-0.2, 0) is 4.79 Å². The van der Waals surface area contributed by atoms with E-state index in [-0.39, 0.29) is 0 Å². The van der Waals surface area contributed by atoms with Crippen LogP contribution in [0, 0.1) is 0 Å². The summed E-state index contributed by atoms with van der Waals surface area (Å²) >= 11 is 0. The van der Waals surface area contributed by atoms with Crippen molar-refractivity contribution in [2.24, 2.45) is 0 Å². The summed E-state index contributed by atoms with van der Waals surface area (Å²) in [5, 5.41) is 21.9. The summed E-state index contributed by atoms with van der Waals surface area (Å²) in [4.78, 5) is 10.7. The molecule has 3 N–H and O–H groups in total. The van der Waals surface area contributed by atoms with Gasteiger partial charge in [0.2, 0.25) is 0 Å². The molecule has 0 aliphatic heterocycles. The summed E-state index contributed by atoms with van der Waals surface area (Å²) in [5.41, 5.74) is -0.144. The van der Waals surface area contributed by atoms with Gasteiger partial charge in [-0.1, -0.05) is 25.8 Å². The standard InChI is InChI=1S/C12H21NO3/c1-2-10(11(14)15)5-8-13-9-12(16)6-3-4-7-12/h5,13,16H,2-4,6-9H2,1H3,(H,14,15). The van der Waals surface area contributed by atoms with Crippen LogP contribution in [-0.4, -0.2) is 34.9 Å². The van der Waals surface area contributed by atoms with Crippen molar-refractivity contribution in [3.8, 4) is 0 Å². The van der Waals surface area contributed by atoms with Gasteiger partial charge in [0.25, 0.3) is 0 Å². The van der Waals surface area contributed by atoms with E-state index in [9.17, 15) is 9.90 Å². The molecule has 0 aromatic heterocycles. The highest BCUT2D eigenvalue weighted by Crippen LogP contribution is 2.28. The highest BCUT2D eigenvalue weighted by molar-refractivity contribution is 5.86. The van der Waals surface area contributed by atoms with Crippen LogP contribution in [0.5, 0.6) is 0 Å². The first-order valence-electron chi connectivity index (χ1n) is 5.93. The third-order valence-corrected chi connectivity index (χ3v) is 3.14. The molecule has 4 heteroatoms. The molecule has 4 nitrogen and oxygen atoms in total. The van der Waals surface area contributed by atoms with Gasteiger partial charge in [-0.3, -0.25) is 0 Å². The Morgan fingerprint density at radius 2 is 2.06 bits per heavy atom. The SMILES string of the molecule is CCC(=CCNCC1(O)CCCC1)C(=O)O. The van der Waals surface area contributed by atoms with E-state index in [1.807, 2.05) is 6.92 Å². The largest absolute Gasteiger partial charge is 0.478 e. The molecule has 1 aliphatic rings. The van der Waals surface area contributed by atoms with E-state index in [0.717, 1.165) is 25.7 Å². The number of carboxylic acid groups (broad SMARTS) is 1. The van der Waals surface area contributed by atoms with Crippen molar-refractivity contribution in [3.63, 3.8) is 0 Å². The maximum absolute atomic E-state index is 10.7. The van der Waals surface area contributed by atoms with E-state index in [4.69, 9.17) is 5.11 Å². The fourth-order valence-corrected chi connectivity index (χ4v) is 2.09. The Morgan fingerprint density at radius 3 is 2.56 bits per heavy atom. The minimum absolute atomic E-state index is 0.422. The minimum Gasteiger partial charge on any atom is -0.478 e. The molecule has 0 unspecified atom stereocenters. The lowest BCUT2D eigenvalue weighted by atomic mass is 10.0. The van der Waals surface area contributed by atoms with Crippen molar-refractivity contribution in [1.29, 1.82) is 0 Å². The molecule has 1 rings (SSSR count). The molecule has 0 heterocycles. The third-order valence-electron chi connectivity index (χ3n) is 3.14. The molecule has 92 valence electrons. The fourth-order valence-electron chi connectivity index (χ4n) is 2.09. The number of nitrogens with one attached hydrogen (secondary N) is 1. The summed E-state index contributed by atoms with van der Waals surface area (Å²) in [6.45, 7) is 2.89. The highest BCUT2D eigenvalue weighted by Gasteiger charge is 2.30. The first-order chi connectivity index (χ1) is 7.57. The fraction of sp³-hybridized carbons (Fsp3) is 0.750. The van der Waals surface area contributed by atoms with Gasteiger partial charge in [0, 0.05) is 18.7 Å². The average molecular weight is 227 g/mol. The summed E-state index contributed by atoms with van der Waals surface area (Å²) in [7, 11) is 0. The van der Waals surface area contributed by atoms with Crippen molar-refractivity contribution < 1.29 is 15.0 Å². The van der Waals surface area contributed by atoms with Gasteiger partial charge in [0.1, 0.15) is 0 Å². The van der Waals surface area contributed by atoms with Gasteiger partial charge in [-0.15, -0.1) is 0 Å². The molecule has 1 aliphatic carbocycles. The maximum Gasteiger partial charge on any atom is 0.331 e. The van der Waals surface area contributed by atoms with Crippen LogP contribution in [0.3, 0.4) is 0 Å². The topological polar surface area (TPSA) is 69.6 Å². The molecule has 0 aromatic carbocycles. The number of carbonyl (C=O) groups is 1. The van der Waals surface area contributed by atoms with Crippen LogP contribution in [0.25, 0.3) is 0 Å². The van der Waals surface area contributed by atoms with E-state index in [2.05, 4.69) is 5.32 Å². The minimum atomic E-state index is -0.858. The molecule has 0 saturated heterocycles. The zero-order valence-corrected chi connectivity index (χ0v) is 9.83. The number of carboxylic acids is 1.